The lowest BCUT2D eigenvalue weighted by Gasteiger charge is -2.35. The first-order chi connectivity index (χ1) is 16.4. The molecule has 5 rings (SSSR count). The lowest BCUT2D eigenvalue weighted by molar-refractivity contribution is 0.00678. The number of fused-ring (bicyclic) bond motifs is 1. The summed E-state index contributed by atoms with van der Waals surface area (Å²) in [6.45, 7) is 2.25. The lowest BCUT2D eigenvalue weighted by Crippen LogP contribution is -2.45. The number of nitrogens with zero attached hydrogens (tertiary/aromatic N) is 4. The van der Waals surface area contributed by atoms with Gasteiger partial charge >= 0.3 is 6.09 Å². The number of hydrogen-bond acceptors (Lipinski definition) is 8. The van der Waals surface area contributed by atoms with Crippen LogP contribution in [-0.4, -0.2) is 67.5 Å². The predicted octanol–water partition coefficient (Wildman–Crippen LogP) is 4.47. The van der Waals surface area contributed by atoms with E-state index in [1.54, 1.807) is 31.3 Å². The molecule has 1 aromatic heterocycles. The summed E-state index contributed by atoms with van der Waals surface area (Å²) in [4.78, 5) is 25.7. The van der Waals surface area contributed by atoms with Crippen LogP contribution in [0.4, 0.5) is 22.0 Å². The molecule has 0 unspecified atom stereocenters. The van der Waals surface area contributed by atoms with Gasteiger partial charge in [0.25, 0.3) is 0 Å². The Hall–Kier alpha value is -3.30. The van der Waals surface area contributed by atoms with Crippen molar-refractivity contribution in [1.82, 2.24) is 14.9 Å². The van der Waals surface area contributed by atoms with Crippen LogP contribution in [0.1, 0.15) is 12.8 Å². The highest BCUT2D eigenvalue weighted by Crippen LogP contribution is 2.42. The summed E-state index contributed by atoms with van der Waals surface area (Å²) >= 11 is 6.29. The molecular formula is C24H26ClN5O4. The van der Waals surface area contributed by atoms with Gasteiger partial charge in [0.05, 0.1) is 42.7 Å². The number of ether oxygens (including phenoxy) is 3. The summed E-state index contributed by atoms with van der Waals surface area (Å²) in [6, 6.07) is 9.10. The Labute approximate surface area is 202 Å². The van der Waals surface area contributed by atoms with Crippen molar-refractivity contribution in [3.05, 3.63) is 41.7 Å². The van der Waals surface area contributed by atoms with Crippen LogP contribution < -0.4 is 19.7 Å². The Morgan fingerprint density at radius 3 is 2.68 bits per heavy atom. The second-order valence-electron chi connectivity index (χ2n) is 8.65. The van der Waals surface area contributed by atoms with E-state index >= 15 is 0 Å². The fraction of sp³-hybridized carbons (Fsp3) is 0.375. The normalized spacial score (nSPS) is 17.8. The average Bonchev–Trinajstić information content (AvgIpc) is 3.16. The maximum atomic E-state index is 13.0. The summed E-state index contributed by atoms with van der Waals surface area (Å²) in [5, 5.41) is 4.50. The van der Waals surface area contributed by atoms with Crippen LogP contribution in [0.5, 0.6) is 11.5 Å². The third-order valence-corrected chi connectivity index (χ3v) is 6.82. The van der Waals surface area contributed by atoms with Crippen molar-refractivity contribution < 1.29 is 19.0 Å². The Morgan fingerprint density at radius 2 is 1.94 bits per heavy atom. The molecule has 0 saturated carbocycles. The van der Waals surface area contributed by atoms with Gasteiger partial charge in [-0.15, -0.1) is 0 Å². The number of hydrogen-bond donors (Lipinski definition) is 1. The van der Waals surface area contributed by atoms with E-state index in [2.05, 4.69) is 27.2 Å². The second kappa shape index (κ2) is 8.81. The highest BCUT2D eigenvalue weighted by Gasteiger charge is 2.47. The Bertz CT molecular complexity index is 1250. The van der Waals surface area contributed by atoms with E-state index in [0.717, 1.165) is 31.3 Å². The molecule has 3 heterocycles. The first-order valence-electron chi connectivity index (χ1n) is 11.0. The largest absolute Gasteiger partial charge is 0.494 e. The third-order valence-electron chi connectivity index (χ3n) is 6.52. The first-order valence-corrected chi connectivity index (χ1v) is 11.4. The molecule has 2 saturated heterocycles. The summed E-state index contributed by atoms with van der Waals surface area (Å²) < 4.78 is 17.0. The number of benzene rings is 2. The molecule has 10 heteroatoms. The molecule has 1 amide bonds. The second-order valence-corrected chi connectivity index (χ2v) is 9.06. The van der Waals surface area contributed by atoms with E-state index in [1.165, 1.54) is 6.33 Å². The summed E-state index contributed by atoms with van der Waals surface area (Å²) in [5.41, 5.74) is 1.47. The number of para-hydroxylation sites is 1. The van der Waals surface area contributed by atoms with Crippen LogP contribution in [-0.2, 0) is 4.74 Å². The van der Waals surface area contributed by atoms with Gasteiger partial charge in [-0.05, 0) is 25.2 Å². The number of rotatable bonds is 5. The third kappa shape index (κ3) is 3.95. The molecule has 2 fully saturated rings. The lowest BCUT2D eigenvalue weighted by atomic mass is 9.91. The maximum Gasteiger partial charge on any atom is 0.415 e. The molecule has 2 aliphatic rings. The number of anilines is 3. The van der Waals surface area contributed by atoms with Crippen LogP contribution >= 0.6 is 11.6 Å². The molecule has 3 aromatic rings. The van der Waals surface area contributed by atoms with E-state index < -0.39 is 5.60 Å². The molecule has 1 spiro atoms. The van der Waals surface area contributed by atoms with Crippen molar-refractivity contribution in [2.45, 2.75) is 18.4 Å². The Kier molecular flexibility index (Phi) is 5.83. The minimum absolute atomic E-state index is 0.370. The average molecular weight is 484 g/mol. The van der Waals surface area contributed by atoms with Gasteiger partial charge in [-0.25, -0.2) is 14.8 Å². The monoisotopic (exact) mass is 483 g/mol. The van der Waals surface area contributed by atoms with Gasteiger partial charge in [0, 0.05) is 37.4 Å². The molecule has 0 radical (unpaired) electrons. The Balaban J connectivity index is 1.55. The van der Waals surface area contributed by atoms with Gasteiger partial charge < -0.3 is 24.4 Å². The quantitative estimate of drug-likeness (QED) is 0.568. The zero-order valence-electron chi connectivity index (χ0n) is 19.3. The number of methoxy groups -OCH3 is 2. The van der Waals surface area contributed by atoms with Crippen LogP contribution in [0.2, 0.25) is 5.02 Å². The van der Waals surface area contributed by atoms with Gasteiger partial charge in [-0.3, -0.25) is 4.90 Å². The molecule has 9 nitrogen and oxygen atoms in total. The number of nitrogens with one attached hydrogen (secondary N) is 1. The van der Waals surface area contributed by atoms with Gasteiger partial charge in [0.2, 0.25) is 0 Å². The minimum Gasteiger partial charge on any atom is -0.494 e. The van der Waals surface area contributed by atoms with Crippen molar-refractivity contribution in [1.29, 1.82) is 0 Å². The van der Waals surface area contributed by atoms with Gasteiger partial charge in [0.1, 0.15) is 23.5 Å². The maximum absolute atomic E-state index is 13.0. The molecule has 0 atom stereocenters. The molecule has 2 aromatic carbocycles. The van der Waals surface area contributed by atoms with Gasteiger partial charge in [0.15, 0.2) is 5.75 Å². The number of carbonyl (C=O) groups excluding carboxylic acids is 1. The smallest absolute Gasteiger partial charge is 0.415 e. The van der Waals surface area contributed by atoms with Gasteiger partial charge in [-0.1, -0.05) is 17.7 Å². The number of halogens is 1. The highest BCUT2D eigenvalue weighted by atomic mass is 35.5. The van der Waals surface area contributed by atoms with E-state index in [4.69, 9.17) is 25.8 Å². The van der Waals surface area contributed by atoms with Crippen molar-refractivity contribution in [3.8, 4) is 11.5 Å². The zero-order chi connectivity index (χ0) is 23.9. The van der Waals surface area contributed by atoms with E-state index in [9.17, 15) is 4.79 Å². The molecule has 0 bridgehead atoms. The molecule has 178 valence electrons. The first kappa shape index (κ1) is 22.5. The highest BCUT2D eigenvalue weighted by molar-refractivity contribution is 6.32. The summed E-state index contributed by atoms with van der Waals surface area (Å²) in [6.07, 6.45) is 2.70. The molecule has 0 aliphatic carbocycles. The van der Waals surface area contributed by atoms with Crippen molar-refractivity contribution in [2.75, 3.05) is 51.1 Å². The fourth-order valence-corrected chi connectivity index (χ4v) is 4.84. The number of amides is 1. The standard InChI is InChI=1S/C24H26ClN5O4/c1-29-9-7-24(8-10-29)13-30(23(31)34-24)19-11-15-18(12-20(19)32-2)26-14-27-22(15)28-17-6-4-5-16(25)21(17)33-3/h4-6,11-12,14H,7-10,13H2,1-3H3,(H,26,27,28). The fourth-order valence-electron chi connectivity index (χ4n) is 4.58. The van der Waals surface area contributed by atoms with Crippen LogP contribution in [0, 0.1) is 0 Å². The van der Waals surface area contributed by atoms with Crippen LogP contribution in [0.15, 0.2) is 36.7 Å². The summed E-state index contributed by atoms with van der Waals surface area (Å²) in [5.74, 6) is 1.60. The summed E-state index contributed by atoms with van der Waals surface area (Å²) in [7, 11) is 5.22. The molecule has 34 heavy (non-hydrogen) atoms. The molecular weight excluding hydrogens is 458 g/mol. The SMILES string of the molecule is COc1cc2ncnc(Nc3cccc(Cl)c3OC)c2cc1N1CC2(CCN(C)CC2)OC1=O. The number of carbonyl (C=O) groups is 1. The Morgan fingerprint density at radius 1 is 1.15 bits per heavy atom. The van der Waals surface area contributed by atoms with Crippen molar-refractivity contribution in [2.24, 2.45) is 0 Å². The minimum atomic E-state index is -0.480. The van der Waals surface area contributed by atoms with E-state index in [0.29, 0.717) is 45.8 Å². The number of aromatic nitrogens is 2. The van der Waals surface area contributed by atoms with Crippen LogP contribution in [0.25, 0.3) is 10.9 Å². The number of likely N-dealkylation sites (tertiary alicyclic amines) is 1. The molecule has 1 N–H and O–H groups in total. The predicted molar refractivity (Wildman–Crippen MR) is 131 cm³/mol. The van der Waals surface area contributed by atoms with E-state index in [-0.39, 0.29) is 6.09 Å². The van der Waals surface area contributed by atoms with Crippen molar-refractivity contribution in [3.63, 3.8) is 0 Å². The van der Waals surface area contributed by atoms with Crippen molar-refractivity contribution >= 4 is 45.8 Å². The van der Waals surface area contributed by atoms with E-state index in [1.807, 2.05) is 18.2 Å². The zero-order valence-corrected chi connectivity index (χ0v) is 20.1. The van der Waals surface area contributed by atoms with Gasteiger partial charge in [-0.2, -0.15) is 0 Å². The van der Waals surface area contributed by atoms with Crippen LogP contribution in [0.3, 0.4) is 0 Å². The number of piperidine rings is 1. The molecule has 2 aliphatic heterocycles. The topological polar surface area (TPSA) is 89.1 Å².